The number of para-hydroxylation sites is 1. The Morgan fingerprint density at radius 3 is 2.42 bits per heavy atom. The zero-order chi connectivity index (χ0) is 19.2. The molecule has 6 nitrogen and oxygen atoms in total. The average molecular weight is 376 g/mol. The number of carbonyl (C=O) groups excluding carboxylic acids is 1. The summed E-state index contributed by atoms with van der Waals surface area (Å²) >= 11 is 0. The van der Waals surface area contributed by atoms with Crippen LogP contribution in [0.2, 0.25) is 0 Å². The van der Waals surface area contributed by atoms with Crippen molar-refractivity contribution in [1.82, 2.24) is 4.72 Å². The van der Waals surface area contributed by atoms with Crippen LogP contribution >= 0.6 is 0 Å². The van der Waals surface area contributed by atoms with Crippen molar-refractivity contribution < 1.29 is 17.9 Å². The molecule has 0 atom stereocenters. The first-order chi connectivity index (χ1) is 12.4. The first-order valence-electron chi connectivity index (χ1n) is 8.37. The maximum absolute atomic E-state index is 12.5. The number of hydrogen-bond donors (Lipinski definition) is 2. The summed E-state index contributed by atoms with van der Waals surface area (Å²) in [5.74, 6) is -0.273. The smallest absolute Gasteiger partial charge is 0.255 e. The van der Waals surface area contributed by atoms with Gasteiger partial charge >= 0.3 is 0 Å². The topological polar surface area (TPSA) is 84.5 Å². The molecule has 0 bridgehead atoms. The van der Waals surface area contributed by atoms with Crippen LogP contribution in [0.1, 0.15) is 28.4 Å². The summed E-state index contributed by atoms with van der Waals surface area (Å²) in [5, 5.41) is 2.93. The minimum absolute atomic E-state index is 0.107. The molecule has 2 N–H and O–H groups in total. The fourth-order valence-corrected chi connectivity index (χ4v) is 3.55. The Kier molecular flexibility index (Phi) is 6.90. The summed E-state index contributed by atoms with van der Waals surface area (Å²) in [5.41, 5.74) is 3.24. The Morgan fingerprint density at radius 2 is 1.81 bits per heavy atom. The molecule has 2 aromatic carbocycles. The lowest BCUT2D eigenvalue weighted by atomic mass is 10.1. The lowest BCUT2D eigenvalue weighted by Gasteiger charge is -2.13. The number of nitrogens with one attached hydrogen (secondary N) is 2. The maximum atomic E-state index is 12.5. The van der Waals surface area contributed by atoms with Crippen LogP contribution in [-0.2, 0) is 21.2 Å². The largest absolute Gasteiger partial charge is 0.383 e. The number of sulfonamides is 1. The van der Waals surface area contributed by atoms with Crippen LogP contribution in [0.5, 0.6) is 0 Å². The number of anilines is 1. The van der Waals surface area contributed by atoms with E-state index in [-0.39, 0.29) is 24.0 Å². The summed E-state index contributed by atoms with van der Waals surface area (Å²) in [6.07, 6.45) is 0.807. The van der Waals surface area contributed by atoms with Gasteiger partial charge < -0.3 is 10.1 Å². The molecule has 2 rings (SSSR count). The van der Waals surface area contributed by atoms with Crippen molar-refractivity contribution in [2.24, 2.45) is 0 Å². The summed E-state index contributed by atoms with van der Waals surface area (Å²) in [4.78, 5) is 12.6. The van der Waals surface area contributed by atoms with Gasteiger partial charge in [-0.1, -0.05) is 25.1 Å². The SMILES string of the molecule is CCc1cccc(C)c1NC(=O)c1ccc(S(=O)(=O)NCCOC)cc1. The molecular formula is C19H24N2O4S. The molecule has 0 saturated heterocycles. The van der Waals surface area contributed by atoms with Crippen LogP contribution in [0.15, 0.2) is 47.4 Å². The van der Waals surface area contributed by atoms with E-state index in [2.05, 4.69) is 10.0 Å². The standard InChI is InChI=1S/C19H24N2O4S/c1-4-15-7-5-6-14(2)18(15)21-19(22)16-8-10-17(11-9-16)26(23,24)20-12-13-25-3/h5-11,20H,4,12-13H2,1-3H3,(H,21,22). The molecule has 0 aliphatic heterocycles. The van der Waals surface area contributed by atoms with E-state index in [1.807, 2.05) is 32.0 Å². The van der Waals surface area contributed by atoms with Crippen molar-refractivity contribution in [1.29, 1.82) is 0 Å². The molecular weight excluding hydrogens is 352 g/mol. The normalized spacial score (nSPS) is 11.3. The van der Waals surface area contributed by atoms with Gasteiger partial charge in [0.25, 0.3) is 5.91 Å². The second kappa shape index (κ2) is 8.93. The Morgan fingerprint density at radius 1 is 1.12 bits per heavy atom. The van der Waals surface area contributed by atoms with E-state index in [0.29, 0.717) is 5.56 Å². The Bertz CT molecular complexity index is 862. The summed E-state index contributed by atoms with van der Waals surface area (Å²) in [6, 6.07) is 11.7. The molecule has 0 heterocycles. The molecule has 0 spiro atoms. The maximum Gasteiger partial charge on any atom is 0.255 e. The fraction of sp³-hybridized carbons (Fsp3) is 0.316. The van der Waals surface area contributed by atoms with E-state index in [4.69, 9.17) is 4.74 Å². The Labute approximate surface area is 154 Å². The molecule has 0 unspecified atom stereocenters. The number of benzene rings is 2. The number of carbonyl (C=O) groups is 1. The first kappa shape index (κ1) is 20.1. The zero-order valence-corrected chi connectivity index (χ0v) is 16.0. The van der Waals surface area contributed by atoms with Crippen molar-refractivity contribution >= 4 is 21.6 Å². The minimum Gasteiger partial charge on any atom is -0.383 e. The molecule has 0 radical (unpaired) electrons. The molecule has 26 heavy (non-hydrogen) atoms. The average Bonchev–Trinajstić information content (AvgIpc) is 2.63. The predicted octanol–water partition coefficient (Wildman–Crippen LogP) is 2.73. The third-order valence-electron chi connectivity index (χ3n) is 4.00. The van der Waals surface area contributed by atoms with Crippen molar-refractivity contribution in [2.45, 2.75) is 25.2 Å². The number of ether oxygens (including phenoxy) is 1. The van der Waals surface area contributed by atoms with Crippen LogP contribution in [-0.4, -0.2) is 34.6 Å². The van der Waals surface area contributed by atoms with E-state index >= 15 is 0 Å². The second-order valence-electron chi connectivity index (χ2n) is 5.83. The van der Waals surface area contributed by atoms with E-state index in [1.165, 1.54) is 31.4 Å². The molecule has 0 aromatic heterocycles. The van der Waals surface area contributed by atoms with Gasteiger partial charge in [0, 0.05) is 24.9 Å². The molecule has 0 aliphatic rings. The van der Waals surface area contributed by atoms with Gasteiger partial charge in [-0.05, 0) is 48.7 Å². The highest BCUT2D eigenvalue weighted by molar-refractivity contribution is 7.89. The molecule has 140 valence electrons. The van der Waals surface area contributed by atoms with Crippen molar-refractivity contribution in [3.63, 3.8) is 0 Å². The monoisotopic (exact) mass is 376 g/mol. The fourth-order valence-electron chi connectivity index (χ4n) is 2.53. The van der Waals surface area contributed by atoms with Crippen LogP contribution in [0, 0.1) is 6.92 Å². The van der Waals surface area contributed by atoms with E-state index in [9.17, 15) is 13.2 Å². The number of rotatable bonds is 8. The highest BCUT2D eigenvalue weighted by atomic mass is 32.2. The summed E-state index contributed by atoms with van der Waals surface area (Å²) < 4.78 is 31.5. The Balaban J connectivity index is 2.15. The summed E-state index contributed by atoms with van der Waals surface area (Å²) in [7, 11) is -2.11. The number of amides is 1. The zero-order valence-electron chi connectivity index (χ0n) is 15.2. The minimum atomic E-state index is -3.61. The number of aryl methyl sites for hydroxylation is 2. The van der Waals surface area contributed by atoms with Gasteiger partial charge in [0.1, 0.15) is 0 Å². The van der Waals surface area contributed by atoms with Gasteiger partial charge in [-0.25, -0.2) is 13.1 Å². The van der Waals surface area contributed by atoms with Crippen LogP contribution in [0.4, 0.5) is 5.69 Å². The van der Waals surface area contributed by atoms with Gasteiger partial charge in [0.15, 0.2) is 0 Å². The van der Waals surface area contributed by atoms with Gasteiger partial charge in [0.2, 0.25) is 10.0 Å². The van der Waals surface area contributed by atoms with E-state index in [0.717, 1.165) is 23.2 Å². The van der Waals surface area contributed by atoms with E-state index in [1.54, 1.807) is 0 Å². The molecule has 0 aliphatic carbocycles. The lowest BCUT2D eigenvalue weighted by molar-refractivity contribution is 0.102. The predicted molar refractivity (Wildman–Crippen MR) is 102 cm³/mol. The second-order valence-corrected chi connectivity index (χ2v) is 7.60. The van der Waals surface area contributed by atoms with E-state index < -0.39 is 10.0 Å². The molecule has 0 saturated carbocycles. The Hall–Kier alpha value is -2.22. The van der Waals surface area contributed by atoms with Crippen LogP contribution in [0.25, 0.3) is 0 Å². The summed E-state index contributed by atoms with van der Waals surface area (Å²) in [6.45, 7) is 4.45. The van der Waals surface area contributed by atoms with Gasteiger partial charge in [0.05, 0.1) is 11.5 Å². The number of hydrogen-bond acceptors (Lipinski definition) is 4. The lowest BCUT2D eigenvalue weighted by Crippen LogP contribution is -2.27. The molecule has 1 amide bonds. The highest BCUT2D eigenvalue weighted by Crippen LogP contribution is 2.22. The van der Waals surface area contributed by atoms with Gasteiger partial charge in [-0.2, -0.15) is 0 Å². The van der Waals surface area contributed by atoms with Crippen molar-refractivity contribution in [3.05, 3.63) is 59.2 Å². The quantitative estimate of drug-likeness (QED) is 0.694. The van der Waals surface area contributed by atoms with Crippen LogP contribution < -0.4 is 10.0 Å². The molecule has 7 heteroatoms. The number of methoxy groups -OCH3 is 1. The van der Waals surface area contributed by atoms with Gasteiger partial charge in [-0.3, -0.25) is 4.79 Å². The first-order valence-corrected chi connectivity index (χ1v) is 9.86. The highest BCUT2D eigenvalue weighted by Gasteiger charge is 2.15. The van der Waals surface area contributed by atoms with Crippen LogP contribution in [0.3, 0.4) is 0 Å². The van der Waals surface area contributed by atoms with Crippen molar-refractivity contribution in [3.8, 4) is 0 Å². The third kappa shape index (κ3) is 4.91. The van der Waals surface area contributed by atoms with Crippen molar-refractivity contribution in [2.75, 3.05) is 25.6 Å². The molecule has 0 fully saturated rings. The van der Waals surface area contributed by atoms with Gasteiger partial charge in [-0.15, -0.1) is 0 Å². The molecule has 2 aromatic rings. The third-order valence-corrected chi connectivity index (χ3v) is 5.48.